The van der Waals surface area contributed by atoms with Crippen LogP contribution in [-0.2, 0) is 10.1 Å². The summed E-state index contributed by atoms with van der Waals surface area (Å²) in [5.41, 5.74) is 0. The first-order chi connectivity index (χ1) is 3.48. The zero-order chi connectivity index (χ0) is 6.78. The Morgan fingerprint density at radius 3 is 1.90 bits per heavy atom. The van der Waals surface area contributed by atoms with E-state index in [2.05, 4.69) is 12.6 Å². The zero-order valence-corrected chi connectivity index (χ0v) is 9.58. The Morgan fingerprint density at radius 1 is 1.60 bits per heavy atom. The molecule has 0 aromatic rings. The van der Waals surface area contributed by atoms with Crippen LogP contribution in [0, 0.1) is 0 Å². The van der Waals surface area contributed by atoms with Crippen LogP contribution in [0.2, 0.25) is 0 Å². The molecular weight excluding hydrogens is 187 g/mol. The molecule has 0 fully saturated rings. The fraction of sp³-hybridized carbons (Fsp3) is 1.00. The molecule has 0 bridgehead atoms. The molecule has 0 radical (unpaired) electrons. The van der Waals surface area contributed by atoms with Crippen molar-refractivity contribution in [2.75, 3.05) is 0 Å². The van der Waals surface area contributed by atoms with Crippen molar-refractivity contribution in [1.29, 1.82) is 0 Å². The molecule has 0 aromatic carbocycles. The van der Waals surface area contributed by atoms with Crippen molar-refractivity contribution in [3.63, 3.8) is 0 Å². The Hall–Kier alpha value is 1.22. The van der Waals surface area contributed by atoms with Crippen molar-refractivity contribution in [2.45, 2.75) is 17.9 Å². The fourth-order valence-electron chi connectivity index (χ4n) is 0.204. The Balaban J connectivity index is -0.000000245. The van der Waals surface area contributed by atoms with Crippen LogP contribution in [-0.4, -0.2) is 23.0 Å². The molecule has 0 aliphatic heterocycles. The summed E-state index contributed by atoms with van der Waals surface area (Å²) >= 11 is 3.51. The second kappa shape index (κ2) is 6.90. The van der Waals surface area contributed by atoms with Crippen LogP contribution >= 0.6 is 12.6 Å². The molecule has 1 unspecified atom stereocenters. The van der Waals surface area contributed by atoms with E-state index < -0.39 is 14.7 Å². The van der Waals surface area contributed by atoms with E-state index in [4.69, 9.17) is 0 Å². The molecular formula is C3H9NaO4S2. The third kappa shape index (κ3) is 7.33. The molecule has 2 N–H and O–H groups in total. The van der Waals surface area contributed by atoms with E-state index in [1.807, 2.05) is 0 Å². The smallest absolute Gasteiger partial charge is 0.747 e. The summed E-state index contributed by atoms with van der Waals surface area (Å²) < 4.78 is 28.8. The van der Waals surface area contributed by atoms with Gasteiger partial charge in [-0.1, -0.05) is 6.92 Å². The first-order valence-corrected chi connectivity index (χ1v) is 4.10. The topological polar surface area (TPSA) is 88.7 Å². The molecule has 0 aliphatic rings. The van der Waals surface area contributed by atoms with Gasteiger partial charge in [-0.3, -0.25) is 0 Å². The van der Waals surface area contributed by atoms with Gasteiger partial charge < -0.3 is 10.0 Å². The second-order valence-electron chi connectivity index (χ2n) is 1.36. The average molecular weight is 196 g/mol. The zero-order valence-electron chi connectivity index (χ0n) is 5.86. The summed E-state index contributed by atoms with van der Waals surface area (Å²) in [6, 6.07) is 0. The van der Waals surface area contributed by atoms with E-state index in [0.29, 0.717) is 0 Å². The minimum absolute atomic E-state index is 0. The van der Waals surface area contributed by atoms with Gasteiger partial charge in [0.15, 0.2) is 0 Å². The van der Waals surface area contributed by atoms with E-state index >= 15 is 0 Å². The van der Waals surface area contributed by atoms with Gasteiger partial charge in [0.05, 0.1) is 4.58 Å². The molecule has 58 valence electrons. The number of thiol groups is 1. The van der Waals surface area contributed by atoms with E-state index in [1.165, 1.54) is 0 Å². The standard InChI is InChI=1S/C3H8O3S2.Na.H2O/c1-2-3(7)8(4,5)6;;/h3,7H,2H2,1H3,(H,4,5,6);;1H2/q;+1;/p-1. The van der Waals surface area contributed by atoms with Crippen LogP contribution in [0.3, 0.4) is 0 Å². The fourth-order valence-corrected chi connectivity index (χ4v) is 0.612. The molecule has 0 amide bonds. The number of rotatable bonds is 2. The average Bonchev–Trinajstić information content (AvgIpc) is 1.62. The van der Waals surface area contributed by atoms with Crippen LogP contribution in [0.15, 0.2) is 0 Å². The molecule has 10 heavy (non-hydrogen) atoms. The van der Waals surface area contributed by atoms with Gasteiger partial charge >= 0.3 is 29.6 Å². The molecule has 4 nitrogen and oxygen atoms in total. The van der Waals surface area contributed by atoms with E-state index in [0.717, 1.165) is 0 Å². The molecule has 0 heterocycles. The van der Waals surface area contributed by atoms with E-state index in [-0.39, 0.29) is 41.5 Å². The third-order valence-electron chi connectivity index (χ3n) is 0.682. The first kappa shape index (κ1) is 17.3. The van der Waals surface area contributed by atoms with Crippen molar-refractivity contribution in [3.05, 3.63) is 0 Å². The van der Waals surface area contributed by atoms with Crippen molar-refractivity contribution in [1.82, 2.24) is 0 Å². The normalized spacial score (nSPS) is 12.7. The largest absolute Gasteiger partial charge is 1.00 e. The minimum atomic E-state index is -4.14. The Kier molecular flexibility index (Phi) is 12.0. The molecule has 7 heteroatoms. The Labute approximate surface area is 88.1 Å². The number of hydrogen-bond acceptors (Lipinski definition) is 4. The summed E-state index contributed by atoms with van der Waals surface area (Å²) in [5.74, 6) is 0. The monoisotopic (exact) mass is 196 g/mol. The minimum Gasteiger partial charge on any atom is -0.747 e. The van der Waals surface area contributed by atoms with Crippen molar-refractivity contribution in [3.8, 4) is 0 Å². The van der Waals surface area contributed by atoms with Gasteiger partial charge in [0, 0.05) is 0 Å². The van der Waals surface area contributed by atoms with Gasteiger partial charge in [-0.05, 0) is 6.42 Å². The van der Waals surface area contributed by atoms with Crippen LogP contribution in [0.1, 0.15) is 13.3 Å². The quantitative estimate of drug-likeness (QED) is 0.281. The van der Waals surface area contributed by atoms with Crippen LogP contribution < -0.4 is 29.6 Å². The summed E-state index contributed by atoms with van der Waals surface area (Å²) in [5, 5.41) is 0. The SMILES string of the molecule is CCC(S)S(=O)(=O)[O-].O.[Na+]. The van der Waals surface area contributed by atoms with Crippen LogP contribution in [0.5, 0.6) is 0 Å². The van der Waals surface area contributed by atoms with Crippen LogP contribution in [0.4, 0.5) is 0 Å². The van der Waals surface area contributed by atoms with Crippen LogP contribution in [0.25, 0.3) is 0 Å². The molecule has 0 spiro atoms. The number of hydrogen-bond donors (Lipinski definition) is 1. The first-order valence-electron chi connectivity index (χ1n) is 2.11. The predicted molar refractivity (Wildman–Crippen MR) is 36.4 cm³/mol. The summed E-state index contributed by atoms with van der Waals surface area (Å²) in [6.07, 6.45) is 0.259. The third-order valence-corrected chi connectivity index (χ3v) is 2.82. The maximum absolute atomic E-state index is 9.93. The Morgan fingerprint density at radius 2 is 1.90 bits per heavy atom. The van der Waals surface area contributed by atoms with Crippen molar-refractivity contribution in [2.24, 2.45) is 0 Å². The summed E-state index contributed by atoms with van der Waals surface area (Å²) in [7, 11) is -4.14. The van der Waals surface area contributed by atoms with E-state index in [1.54, 1.807) is 6.92 Å². The molecule has 0 aliphatic carbocycles. The van der Waals surface area contributed by atoms with Gasteiger partial charge in [0.1, 0.15) is 10.1 Å². The predicted octanol–water partition coefficient (Wildman–Crippen LogP) is -3.62. The van der Waals surface area contributed by atoms with Gasteiger partial charge in [-0.15, -0.1) is 0 Å². The summed E-state index contributed by atoms with van der Waals surface area (Å²) in [4.78, 5) is 0. The van der Waals surface area contributed by atoms with Crippen molar-refractivity contribution < 1.29 is 48.0 Å². The maximum Gasteiger partial charge on any atom is 1.00 e. The molecule has 0 saturated carbocycles. The maximum atomic E-state index is 9.93. The van der Waals surface area contributed by atoms with E-state index in [9.17, 15) is 13.0 Å². The Bertz CT molecular complexity index is 154. The second-order valence-corrected chi connectivity index (χ2v) is 3.88. The van der Waals surface area contributed by atoms with Gasteiger partial charge in [0.25, 0.3) is 0 Å². The molecule has 0 rings (SSSR count). The molecule has 0 saturated heterocycles. The summed E-state index contributed by atoms with van der Waals surface area (Å²) in [6.45, 7) is 1.59. The van der Waals surface area contributed by atoms with Gasteiger partial charge in [-0.2, -0.15) is 12.6 Å². The van der Waals surface area contributed by atoms with Gasteiger partial charge in [0.2, 0.25) is 0 Å². The van der Waals surface area contributed by atoms with Gasteiger partial charge in [-0.25, -0.2) is 8.42 Å². The van der Waals surface area contributed by atoms with Crippen molar-refractivity contribution >= 4 is 22.7 Å². The molecule has 1 atom stereocenters. The molecule has 0 aromatic heterocycles.